The van der Waals surface area contributed by atoms with E-state index in [2.05, 4.69) is 17.4 Å². The quantitative estimate of drug-likeness (QED) is 0.734. The minimum absolute atomic E-state index is 0. The number of aliphatic hydroxyl groups excluding tert-OH is 1. The average molecular weight is 307 g/mol. The van der Waals surface area contributed by atoms with E-state index in [0.29, 0.717) is 13.0 Å². The standard InChI is InChI=1S/C17H22N2O.ClH/c18-16(11-14-7-3-1-4-8-14)17(20)13-19-12-15-9-5-2-6-10-15;/h1-10,16-17,19-20H,11-13,18H2;1H/t16-,17+;/m0./s1. The van der Waals surface area contributed by atoms with Crippen molar-refractivity contribution in [2.75, 3.05) is 6.54 Å². The number of benzene rings is 2. The Morgan fingerprint density at radius 1 is 0.905 bits per heavy atom. The van der Waals surface area contributed by atoms with Crippen LogP contribution in [0.25, 0.3) is 0 Å². The van der Waals surface area contributed by atoms with E-state index in [-0.39, 0.29) is 18.4 Å². The maximum Gasteiger partial charge on any atom is 0.0818 e. The molecule has 4 N–H and O–H groups in total. The highest BCUT2D eigenvalue weighted by molar-refractivity contribution is 5.85. The molecule has 3 nitrogen and oxygen atoms in total. The molecule has 0 saturated carbocycles. The summed E-state index contributed by atoms with van der Waals surface area (Å²) in [4.78, 5) is 0. The van der Waals surface area contributed by atoms with Crippen molar-refractivity contribution >= 4 is 12.4 Å². The molecule has 0 radical (unpaired) electrons. The van der Waals surface area contributed by atoms with Crippen LogP contribution in [-0.4, -0.2) is 23.8 Å². The molecule has 114 valence electrons. The van der Waals surface area contributed by atoms with Gasteiger partial charge in [0.15, 0.2) is 0 Å². The van der Waals surface area contributed by atoms with Crippen molar-refractivity contribution in [1.82, 2.24) is 5.32 Å². The third-order valence-corrected chi connectivity index (χ3v) is 3.33. The first kappa shape index (κ1) is 17.7. The van der Waals surface area contributed by atoms with Crippen molar-refractivity contribution in [3.8, 4) is 0 Å². The molecule has 2 atom stereocenters. The topological polar surface area (TPSA) is 58.3 Å². The van der Waals surface area contributed by atoms with Gasteiger partial charge in [-0.1, -0.05) is 60.7 Å². The highest BCUT2D eigenvalue weighted by Crippen LogP contribution is 2.04. The third kappa shape index (κ3) is 6.27. The van der Waals surface area contributed by atoms with Gasteiger partial charge in [0.1, 0.15) is 0 Å². The first-order valence-corrected chi connectivity index (χ1v) is 6.98. The van der Waals surface area contributed by atoms with E-state index >= 15 is 0 Å². The minimum atomic E-state index is -0.543. The smallest absolute Gasteiger partial charge is 0.0818 e. The van der Waals surface area contributed by atoms with Crippen molar-refractivity contribution in [3.05, 3.63) is 71.8 Å². The number of hydrogen-bond donors (Lipinski definition) is 3. The summed E-state index contributed by atoms with van der Waals surface area (Å²) in [5.74, 6) is 0. The molecule has 0 fully saturated rings. The fourth-order valence-electron chi connectivity index (χ4n) is 2.13. The van der Waals surface area contributed by atoms with Crippen molar-refractivity contribution < 1.29 is 5.11 Å². The summed E-state index contributed by atoms with van der Waals surface area (Å²) in [6.07, 6.45) is 0.147. The molecule has 0 bridgehead atoms. The first-order valence-electron chi connectivity index (χ1n) is 6.98. The Morgan fingerprint density at radius 3 is 2.00 bits per heavy atom. The molecule has 4 heteroatoms. The molecule has 21 heavy (non-hydrogen) atoms. The second-order valence-corrected chi connectivity index (χ2v) is 5.04. The van der Waals surface area contributed by atoms with Crippen LogP contribution in [-0.2, 0) is 13.0 Å². The Labute approximate surface area is 132 Å². The van der Waals surface area contributed by atoms with Crippen LogP contribution in [0.1, 0.15) is 11.1 Å². The molecule has 0 aliphatic carbocycles. The summed E-state index contributed by atoms with van der Waals surface area (Å²) in [7, 11) is 0. The molecule has 0 heterocycles. The maximum absolute atomic E-state index is 10.1. The van der Waals surface area contributed by atoms with Gasteiger partial charge in [0.25, 0.3) is 0 Å². The lowest BCUT2D eigenvalue weighted by Crippen LogP contribution is -2.42. The predicted molar refractivity (Wildman–Crippen MR) is 89.5 cm³/mol. The second kappa shape index (κ2) is 9.53. The zero-order chi connectivity index (χ0) is 14.2. The molecular weight excluding hydrogens is 284 g/mol. The summed E-state index contributed by atoms with van der Waals surface area (Å²) in [5, 5.41) is 13.3. The van der Waals surface area contributed by atoms with Gasteiger partial charge >= 0.3 is 0 Å². The number of halogens is 1. The Morgan fingerprint density at radius 2 is 1.43 bits per heavy atom. The van der Waals surface area contributed by atoms with Crippen LogP contribution < -0.4 is 11.1 Å². The van der Waals surface area contributed by atoms with Crippen LogP contribution in [0, 0.1) is 0 Å². The lowest BCUT2D eigenvalue weighted by Gasteiger charge is -2.19. The highest BCUT2D eigenvalue weighted by atomic mass is 35.5. The van der Waals surface area contributed by atoms with Gasteiger partial charge in [-0.05, 0) is 17.5 Å². The second-order valence-electron chi connectivity index (χ2n) is 5.04. The van der Waals surface area contributed by atoms with E-state index in [9.17, 15) is 5.11 Å². The van der Waals surface area contributed by atoms with Gasteiger partial charge in [0, 0.05) is 19.1 Å². The Bertz CT molecular complexity index is 493. The molecule has 2 aromatic carbocycles. The number of rotatable bonds is 7. The van der Waals surface area contributed by atoms with Gasteiger partial charge in [-0.15, -0.1) is 12.4 Å². The van der Waals surface area contributed by atoms with Crippen LogP contribution in [0.4, 0.5) is 0 Å². The Balaban J connectivity index is 0.00000220. The molecule has 0 aliphatic rings. The van der Waals surface area contributed by atoms with Gasteiger partial charge in [0.2, 0.25) is 0 Å². The minimum Gasteiger partial charge on any atom is -0.390 e. The van der Waals surface area contributed by atoms with Gasteiger partial charge in [-0.25, -0.2) is 0 Å². The molecule has 0 aliphatic heterocycles. The van der Waals surface area contributed by atoms with E-state index in [4.69, 9.17) is 5.73 Å². The van der Waals surface area contributed by atoms with E-state index in [1.807, 2.05) is 48.5 Å². The van der Waals surface area contributed by atoms with Gasteiger partial charge in [-0.2, -0.15) is 0 Å². The summed E-state index contributed by atoms with van der Waals surface area (Å²) in [6.45, 7) is 1.25. The molecule has 0 spiro atoms. The van der Waals surface area contributed by atoms with E-state index in [0.717, 1.165) is 12.1 Å². The van der Waals surface area contributed by atoms with Gasteiger partial charge in [0.05, 0.1) is 6.10 Å². The lowest BCUT2D eigenvalue weighted by molar-refractivity contribution is 0.141. The van der Waals surface area contributed by atoms with Gasteiger partial charge in [-0.3, -0.25) is 0 Å². The van der Waals surface area contributed by atoms with Gasteiger partial charge < -0.3 is 16.2 Å². The van der Waals surface area contributed by atoms with Crippen molar-refractivity contribution in [1.29, 1.82) is 0 Å². The lowest BCUT2D eigenvalue weighted by atomic mass is 10.0. The Kier molecular flexibility index (Phi) is 8.01. The number of aliphatic hydroxyl groups is 1. The predicted octanol–water partition coefficient (Wildman–Crippen LogP) is 2.13. The monoisotopic (exact) mass is 306 g/mol. The zero-order valence-electron chi connectivity index (χ0n) is 12.0. The summed E-state index contributed by atoms with van der Waals surface area (Å²) in [5.41, 5.74) is 8.40. The fraction of sp³-hybridized carbons (Fsp3) is 0.294. The molecule has 0 saturated heterocycles. The van der Waals surface area contributed by atoms with Crippen LogP contribution in [0.5, 0.6) is 0 Å². The van der Waals surface area contributed by atoms with Crippen molar-refractivity contribution in [3.63, 3.8) is 0 Å². The van der Waals surface area contributed by atoms with Crippen LogP contribution in [0.15, 0.2) is 60.7 Å². The number of hydrogen-bond acceptors (Lipinski definition) is 3. The van der Waals surface area contributed by atoms with E-state index < -0.39 is 6.10 Å². The normalized spacial score (nSPS) is 13.2. The number of nitrogens with two attached hydrogens (primary N) is 1. The summed E-state index contributed by atoms with van der Waals surface area (Å²) < 4.78 is 0. The van der Waals surface area contributed by atoms with Crippen LogP contribution >= 0.6 is 12.4 Å². The van der Waals surface area contributed by atoms with Crippen LogP contribution in [0.3, 0.4) is 0 Å². The SMILES string of the molecule is Cl.N[C@@H](Cc1ccccc1)[C@H](O)CNCc1ccccc1. The largest absolute Gasteiger partial charge is 0.390 e. The van der Waals surface area contributed by atoms with E-state index in [1.165, 1.54) is 5.56 Å². The summed E-state index contributed by atoms with van der Waals surface area (Å²) in [6, 6.07) is 19.9. The number of nitrogens with one attached hydrogen (secondary N) is 1. The Hall–Kier alpha value is -1.39. The maximum atomic E-state index is 10.1. The third-order valence-electron chi connectivity index (χ3n) is 3.33. The highest BCUT2D eigenvalue weighted by Gasteiger charge is 2.14. The first-order chi connectivity index (χ1) is 9.75. The molecule has 2 aromatic rings. The average Bonchev–Trinajstić information content (AvgIpc) is 2.49. The van der Waals surface area contributed by atoms with E-state index in [1.54, 1.807) is 0 Å². The molecule has 0 unspecified atom stereocenters. The molecule has 0 amide bonds. The molecule has 2 rings (SSSR count). The van der Waals surface area contributed by atoms with Crippen molar-refractivity contribution in [2.45, 2.75) is 25.1 Å². The fourth-order valence-corrected chi connectivity index (χ4v) is 2.13. The van der Waals surface area contributed by atoms with Crippen LogP contribution in [0.2, 0.25) is 0 Å². The molecular formula is C17H23ClN2O. The molecule has 0 aromatic heterocycles. The van der Waals surface area contributed by atoms with Crippen molar-refractivity contribution in [2.24, 2.45) is 5.73 Å². The summed E-state index contributed by atoms with van der Waals surface area (Å²) >= 11 is 0. The zero-order valence-corrected chi connectivity index (χ0v) is 12.8.